The Bertz CT molecular complexity index is 1580. The fourth-order valence-corrected chi connectivity index (χ4v) is 5.03. The summed E-state index contributed by atoms with van der Waals surface area (Å²) in [6.45, 7) is 4.48. The van der Waals surface area contributed by atoms with Crippen LogP contribution in [0.25, 0.3) is 22.4 Å². The fourth-order valence-electron chi connectivity index (χ4n) is 4.30. The normalized spacial score (nSPS) is 11.3. The molecule has 4 N–H and O–H groups in total. The van der Waals surface area contributed by atoms with Gasteiger partial charge in [-0.15, -0.1) is 11.3 Å². The lowest BCUT2D eigenvalue weighted by atomic mass is 9.84. The van der Waals surface area contributed by atoms with E-state index in [1.165, 1.54) is 11.3 Å². The number of hydrogen-bond donors (Lipinski definition) is 4. The number of carbonyl (C=O) groups is 3. The Morgan fingerprint density at radius 3 is 2.45 bits per heavy atom. The molecule has 0 unspecified atom stereocenters. The zero-order chi connectivity index (χ0) is 30.3. The molecular formula is C31H34N6O4S. The summed E-state index contributed by atoms with van der Waals surface area (Å²) in [5.74, 6) is -0.805. The molecule has 2 aromatic heterocycles. The first kappa shape index (κ1) is 30.4. The van der Waals surface area contributed by atoms with Crippen LogP contribution in [0, 0.1) is 0 Å². The van der Waals surface area contributed by atoms with E-state index in [1.807, 2.05) is 69.9 Å². The van der Waals surface area contributed by atoms with Crippen molar-refractivity contribution in [1.82, 2.24) is 25.5 Å². The lowest BCUT2D eigenvalue weighted by Gasteiger charge is -2.25. The van der Waals surface area contributed by atoms with Crippen LogP contribution in [0.5, 0.6) is 0 Å². The van der Waals surface area contributed by atoms with Gasteiger partial charge in [-0.1, -0.05) is 44.2 Å². The summed E-state index contributed by atoms with van der Waals surface area (Å²) in [6.07, 6.45) is 0.705. The van der Waals surface area contributed by atoms with E-state index in [0.717, 1.165) is 40.2 Å². The van der Waals surface area contributed by atoms with Gasteiger partial charge in [0, 0.05) is 41.2 Å². The molecule has 0 atom stereocenters. The summed E-state index contributed by atoms with van der Waals surface area (Å²) in [6, 6.07) is 19.0. The molecule has 0 radical (unpaired) electrons. The number of rotatable bonds is 11. The Kier molecular flexibility index (Phi) is 9.66. The van der Waals surface area contributed by atoms with Crippen LogP contribution in [0.3, 0.4) is 0 Å². The number of carboxylic acid groups (broad SMARTS) is 1. The Morgan fingerprint density at radius 2 is 1.69 bits per heavy atom. The molecule has 0 bridgehead atoms. The van der Waals surface area contributed by atoms with Crippen molar-refractivity contribution in [2.45, 2.75) is 25.8 Å². The van der Waals surface area contributed by atoms with Gasteiger partial charge >= 0.3 is 6.09 Å². The highest BCUT2D eigenvalue weighted by molar-refractivity contribution is 7.14. The maximum absolute atomic E-state index is 12.7. The lowest BCUT2D eigenvalue weighted by molar-refractivity contribution is -0.115. The highest BCUT2D eigenvalue weighted by Crippen LogP contribution is 2.29. The number of thiazole rings is 1. The maximum Gasteiger partial charge on any atom is 0.404 e. The van der Waals surface area contributed by atoms with Crippen LogP contribution in [0.2, 0.25) is 0 Å². The van der Waals surface area contributed by atoms with Crippen LogP contribution in [-0.4, -0.2) is 65.1 Å². The third-order valence-electron chi connectivity index (χ3n) is 6.53. The molecule has 4 aromatic rings. The van der Waals surface area contributed by atoms with E-state index in [9.17, 15) is 14.4 Å². The SMILES string of the molecule is CN(C)Cc1cc(-c2cccc(-c3csc(NC(=O)CNC(=O)c4cccc(C(C)(C)CNC(=O)O)c4)n3)c2)ccn1. The minimum atomic E-state index is -1.11. The summed E-state index contributed by atoms with van der Waals surface area (Å²) in [5, 5.41) is 19.0. The molecular weight excluding hydrogens is 552 g/mol. The maximum atomic E-state index is 12.7. The number of carbonyl (C=O) groups excluding carboxylic acids is 2. The molecule has 2 heterocycles. The van der Waals surface area contributed by atoms with Gasteiger partial charge in [-0.25, -0.2) is 9.78 Å². The Labute approximate surface area is 248 Å². The van der Waals surface area contributed by atoms with Crippen molar-refractivity contribution in [3.05, 3.63) is 89.1 Å². The van der Waals surface area contributed by atoms with E-state index < -0.39 is 23.3 Å². The van der Waals surface area contributed by atoms with Crippen molar-refractivity contribution in [3.63, 3.8) is 0 Å². The number of amides is 3. The first-order valence-corrected chi connectivity index (χ1v) is 14.2. The topological polar surface area (TPSA) is 137 Å². The van der Waals surface area contributed by atoms with Crippen molar-refractivity contribution in [1.29, 1.82) is 0 Å². The summed E-state index contributed by atoms with van der Waals surface area (Å²) in [7, 11) is 4.01. The third-order valence-corrected chi connectivity index (χ3v) is 7.29. The Balaban J connectivity index is 1.36. The van der Waals surface area contributed by atoms with Crippen LogP contribution in [0.4, 0.5) is 9.93 Å². The second-order valence-corrected chi connectivity index (χ2v) is 11.6. The van der Waals surface area contributed by atoms with E-state index in [1.54, 1.807) is 18.2 Å². The van der Waals surface area contributed by atoms with Crippen LogP contribution in [-0.2, 0) is 16.8 Å². The van der Waals surface area contributed by atoms with E-state index in [2.05, 4.69) is 43.0 Å². The standard InChI is InChI=1S/C31H34N6O4S/c1-31(2,19-34-30(40)41)24-10-6-9-23(14-24)28(39)33-16-27(38)36-29-35-26(18-42-29)22-8-5-7-20(13-22)21-11-12-32-25(15-21)17-37(3)4/h5-15,18,34H,16-17,19H2,1-4H3,(H,33,39)(H,40,41)(H,35,36,38). The molecule has 0 aliphatic carbocycles. The zero-order valence-corrected chi connectivity index (χ0v) is 24.8. The van der Waals surface area contributed by atoms with Crippen molar-refractivity contribution >= 4 is 34.4 Å². The van der Waals surface area contributed by atoms with Gasteiger partial charge < -0.3 is 26.0 Å². The van der Waals surface area contributed by atoms with Gasteiger partial charge in [-0.2, -0.15) is 0 Å². The summed E-state index contributed by atoms with van der Waals surface area (Å²) < 4.78 is 0. The van der Waals surface area contributed by atoms with E-state index in [4.69, 9.17) is 5.11 Å². The molecule has 0 aliphatic rings. The van der Waals surface area contributed by atoms with Crippen LogP contribution < -0.4 is 16.0 Å². The molecule has 42 heavy (non-hydrogen) atoms. The van der Waals surface area contributed by atoms with Gasteiger partial charge in [0.25, 0.3) is 5.91 Å². The molecule has 2 aromatic carbocycles. The molecule has 0 saturated heterocycles. The van der Waals surface area contributed by atoms with Gasteiger partial charge in [-0.05, 0) is 61.1 Å². The number of nitrogens with zero attached hydrogens (tertiary/aromatic N) is 3. The molecule has 0 spiro atoms. The van der Waals surface area contributed by atoms with Crippen LogP contribution >= 0.6 is 11.3 Å². The highest BCUT2D eigenvalue weighted by atomic mass is 32.1. The summed E-state index contributed by atoms with van der Waals surface area (Å²) in [5.41, 5.74) is 5.40. The van der Waals surface area contributed by atoms with Crippen molar-refractivity contribution in [3.8, 4) is 22.4 Å². The largest absolute Gasteiger partial charge is 0.465 e. The predicted octanol–water partition coefficient (Wildman–Crippen LogP) is 4.85. The number of pyridine rings is 1. The van der Waals surface area contributed by atoms with Crippen molar-refractivity contribution in [2.24, 2.45) is 0 Å². The lowest BCUT2D eigenvalue weighted by Crippen LogP contribution is -2.36. The average molecular weight is 587 g/mol. The quantitative estimate of drug-likeness (QED) is 0.197. The molecule has 4 rings (SSSR count). The van der Waals surface area contributed by atoms with Gasteiger partial charge in [0.15, 0.2) is 5.13 Å². The van der Waals surface area contributed by atoms with Crippen LogP contribution in [0.15, 0.2) is 72.2 Å². The number of nitrogens with one attached hydrogen (secondary N) is 3. The highest BCUT2D eigenvalue weighted by Gasteiger charge is 2.22. The van der Waals surface area contributed by atoms with Gasteiger partial charge in [0.2, 0.25) is 5.91 Å². The number of aromatic nitrogens is 2. The van der Waals surface area contributed by atoms with Crippen molar-refractivity contribution in [2.75, 3.05) is 32.5 Å². The smallest absolute Gasteiger partial charge is 0.404 e. The summed E-state index contributed by atoms with van der Waals surface area (Å²) >= 11 is 1.31. The number of anilines is 1. The Hall–Kier alpha value is -4.61. The van der Waals surface area contributed by atoms with Crippen LogP contribution in [0.1, 0.15) is 35.5 Å². The minimum Gasteiger partial charge on any atom is -0.465 e. The first-order chi connectivity index (χ1) is 20.0. The second kappa shape index (κ2) is 13.4. The minimum absolute atomic E-state index is 0.192. The van der Waals surface area contributed by atoms with Gasteiger partial charge in [-0.3, -0.25) is 14.6 Å². The number of hydrogen-bond acceptors (Lipinski definition) is 7. The second-order valence-electron chi connectivity index (χ2n) is 10.7. The third kappa shape index (κ3) is 8.21. The van der Waals surface area contributed by atoms with E-state index in [-0.39, 0.29) is 13.1 Å². The Morgan fingerprint density at radius 1 is 0.952 bits per heavy atom. The zero-order valence-electron chi connectivity index (χ0n) is 24.0. The monoisotopic (exact) mass is 586 g/mol. The molecule has 0 fully saturated rings. The number of benzene rings is 2. The van der Waals surface area contributed by atoms with Crippen molar-refractivity contribution < 1.29 is 19.5 Å². The molecule has 10 nitrogen and oxygen atoms in total. The molecule has 11 heteroatoms. The molecule has 0 aliphatic heterocycles. The van der Waals surface area contributed by atoms with E-state index in [0.29, 0.717) is 10.7 Å². The molecule has 3 amide bonds. The fraction of sp³-hybridized carbons (Fsp3) is 0.258. The van der Waals surface area contributed by atoms with Gasteiger partial charge in [0.1, 0.15) is 0 Å². The predicted molar refractivity (Wildman–Crippen MR) is 165 cm³/mol. The molecule has 218 valence electrons. The van der Waals surface area contributed by atoms with E-state index >= 15 is 0 Å². The summed E-state index contributed by atoms with van der Waals surface area (Å²) in [4.78, 5) is 47.3. The molecule has 0 saturated carbocycles. The van der Waals surface area contributed by atoms with Gasteiger partial charge in [0.05, 0.1) is 17.9 Å². The average Bonchev–Trinajstić information content (AvgIpc) is 3.43. The first-order valence-electron chi connectivity index (χ1n) is 13.3.